The second-order valence-electron chi connectivity index (χ2n) is 2.40. The van der Waals surface area contributed by atoms with Gasteiger partial charge in [-0.3, -0.25) is 0 Å². The van der Waals surface area contributed by atoms with E-state index in [1.807, 2.05) is 26.8 Å². The Bertz CT molecular complexity index is 99.6. The molecule has 0 aliphatic carbocycles. The van der Waals surface area contributed by atoms with Gasteiger partial charge in [0.25, 0.3) is 0 Å². The van der Waals surface area contributed by atoms with E-state index in [1.54, 1.807) is 0 Å². The van der Waals surface area contributed by atoms with E-state index >= 15 is 0 Å². The van der Waals surface area contributed by atoms with Gasteiger partial charge in [0.1, 0.15) is 0 Å². The van der Waals surface area contributed by atoms with Gasteiger partial charge in [0, 0.05) is 0 Å². The van der Waals surface area contributed by atoms with E-state index in [2.05, 4.69) is 12.6 Å². The van der Waals surface area contributed by atoms with Gasteiger partial charge in [0.05, 0.1) is 7.85 Å². The maximum Gasteiger partial charge on any atom is 0.0809 e. The molecule has 0 N–H and O–H groups in total. The molecular formula is C6H11BS. The first kappa shape index (κ1) is 8.15. The molecule has 0 aliphatic rings. The number of rotatable bonds is 1. The van der Waals surface area contributed by atoms with E-state index in [-0.39, 0.29) is 5.31 Å². The average molecular weight is 126 g/mol. The molecule has 0 aromatic carbocycles. The average Bonchev–Trinajstić information content (AvgIpc) is 1.62. The molecule has 44 valence electrons. The Labute approximate surface area is 58.2 Å². The van der Waals surface area contributed by atoms with Crippen molar-refractivity contribution in [2.24, 2.45) is 0 Å². The minimum absolute atomic E-state index is 0.266. The van der Waals surface area contributed by atoms with Crippen molar-refractivity contribution < 1.29 is 0 Å². The molecule has 0 heterocycles. The van der Waals surface area contributed by atoms with E-state index in [0.717, 1.165) is 4.91 Å². The van der Waals surface area contributed by atoms with Crippen LogP contribution in [-0.2, 0) is 0 Å². The highest BCUT2D eigenvalue weighted by Gasteiger charge is 2.10. The van der Waals surface area contributed by atoms with Crippen LogP contribution in [0.2, 0.25) is 5.31 Å². The Kier molecular flexibility index (Phi) is 2.68. The van der Waals surface area contributed by atoms with E-state index in [9.17, 15) is 0 Å². The molecule has 0 spiro atoms. The maximum atomic E-state index is 5.64. The molecule has 0 saturated heterocycles. The number of thiol groups is 1. The molecule has 0 fully saturated rings. The molecule has 0 amide bonds. The molecule has 0 aromatic rings. The Hall–Kier alpha value is 0.155. The first-order valence-electron chi connectivity index (χ1n) is 2.63. The van der Waals surface area contributed by atoms with Gasteiger partial charge in [-0.2, -0.15) is 0 Å². The van der Waals surface area contributed by atoms with Crippen LogP contribution in [0.4, 0.5) is 0 Å². The van der Waals surface area contributed by atoms with E-state index in [0.29, 0.717) is 0 Å². The fourth-order valence-electron chi connectivity index (χ4n) is 0.372. The summed E-state index contributed by atoms with van der Waals surface area (Å²) < 4.78 is 0. The lowest BCUT2D eigenvalue weighted by Crippen LogP contribution is -2.00. The summed E-state index contributed by atoms with van der Waals surface area (Å²) in [7, 11) is 5.64. The summed E-state index contributed by atoms with van der Waals surface area (Å²) in [5.74, 6) is 0. The molecule has 0 saturated carbocycles. The summed E-state index contributed by atoms with van der Waals surface area (Å²) in [5, 5.41) is -0.266. The predicted molar refractivity (Wildman–Crippen MR) is 42.5 cm³/mol. The normalized spacial score (nSPS) is 14.2. The van der Waals surface area contributed by atoms with Crippen molar-refractivity contribution in [3.63, 3.8) is 0 Å². The van der Waals surface area contributed by atoms with E-state index < -0.39 is 0 Å². The van der Waals surface area contributed by atoms with Gasteiger partial charge in [-0.1, -0.05) is 19.9 Å². The highest BCUT2D eigenvalue weighted by atomic mass is 32.1. The van der Waals surface area contributed by atoms with Crippen LogP contribution < -0.4 is 0 Å². The van der Waals surface area contributed by atoms with Gasteiger partial charge in [0.2, 0.25) is 0 Å². The van der Waals surface area contributed by atoms with Crippen LogP contribution in [0.15, 0.2) is 11.0 Å². The van der Waals surface area contributed by atoms with Crippen LogP contribution in [0.5, 0.6) is 0 Å². The summed E-state index contributed by atoms with van der Waals surface area (Å²) in [6.45, 7) is 5.78. The fourth-order valence-corrected chi connectivity index (χ4v) is 0.372. The van der Waals surface area contributed by atoms with E-state index in [1.165, 1.54) is 0 Å². The third kappa shape index (κ3) is 2.46. The molecule has 0 aromatic heterocycles. The Balaban J connectivity index is 4.03. The lowest BCUT2D eigenvalue weighted by Gasteiger charge is -2.17. The van der Waals surface area contributed by atoms with Gasteiger partial charge in [-0.05, 0) is 17.1 Å². The zero-order chi connectivity index (χ0) is 6.78. The molecule has 0 unspecified atom stereocenters. The summed E-state index contributed by atoms with van der Waals surface area (Å²) in [5.41, 5.74) is 0. The number of hydrogen-bond acceptors (Lipinski definition) is 1. The van der Waals surface area contributed by atoms with Crippen molar-refractivity contribution in [1.29, 1.82) is 0 Å². The molecular weight excluding hydrogens is 115 g/mol. The van der Waals surface area contributed by atoms with Crippen molar-refractivity contribution in [3.05, 3.63) is 11.0 Å². The standard InChI is InChI=1S/C6H11BS/c1-4-5(8)6(2,3)7/h4,8H,1-3H3/b5-4-. The van der Waals surface area contributed by atoms with Gasteiger partial charge >= 0.3 is 0 Å². The molecule has 2 heteroatoms. The van der Waals surface area contributed by atoms with Crippen LogP contribution >= 0.6 is 12.6 Å². The molecule has 0 bridgehead atoms. The first-order valence-corrected chi connectivity index (χ1v) is 3.08. The first-order chi connectivity index (χ1) is 3.48. The zero-order valence-electron chi connectivity index (χ0n) is 5.60. The smallest absolute Gasteiger partial charge is 0.0809 e. The quantitative estimate of drug-likeness (QED) is 0.404. The van der Waals surface area contributed by atoms with Crippen molar-refractivity contribution in [1.82, 2.24) is 0 Å². The molecule has 0 rings (SSSR count). The minimum Gasteiger partial charge on any atom is -0.148 e. The third-order valence-corrected chi connectivity index (χ3v) is 1.77. The van der Waals surface area contributed by atoms with Crippen LogP contribution in [0.25, 0.3) is 0 Å². The number of allylic oxidation sites excluding steroid dienone is 2. The van der Waals surface area contributed by atoms with E-state index in [4.69, 9.17) is 7.85 Å². The Morgan fingerprint density at radius 2 is 2.00 bits per heavy atom. The molecule has 0 atom stereocenters. The number of hydrogen-bond donors (Lipinski definition) is 1. The van der Waals surface area contributed by atoms with Gasteiger partial charge in [0.15, 0.2) is 0 Å². The van der Waals surface area contributed by atoms with Gasteiger partial charge in [-0.25, -0.2) is 0 Å². The highest BCUT2D eigenvalue weighted by molar-refractivity contribution is 7.84. The third-order valence-electron chi connectivity index (χ3n) is 0.934. The summed E-state index contributed by atoms with van der Waals surface area (Å²) in [4.78, 5) is 0.928. The van der Waals surface area contributed by atoms with Crippen LogP contribution in [0.1, 0.15) is 20.8 Å². The molecule has 0 aliphatic heterocycles. The largest absolute Gasteiger partial charge is 0.148 e. The summed E-state index contributed by atoms with van der Waals surface area (Å²) in [6, 6.07) is 0. The second kappa shape index (κ2) is 2.63. The zero-order valence-corrected chi connectivity index (χ0v) is 6.50. The van der Waals surface area contributed by atoms with Crippen LogP contribution in [0, 0.1) is 0 Å². The Morgan fingerprint density at radius 1 is 1.62 bits per heavy atom. The summed E-state index contributed by atoms with van der Waals surface area (Å²) >= 11 is 4.15. The molecule has 2 radical (unpaired) electrons. The van der Waals surface area contributed by atoms with Crippen LogP contribution in [-0.4, -0.2) is 7.85 Å². The lowest BCUT2D eigenvalue weighted by molar-refractivity contribution is 0.846. The van der Waals surface area contributed by atoms with Crippen molar-refractivity contribution in [3.8, 4) is 0 Å². The monoisotopic (exact) mass is 126 g/mol. The van der Waals surface area contributed by atoms with Gasteiger partial charge < -0.3 is 0 Å². The topological polar surface area (TPSA) is 0 Å². The fraction of sp³-hybridized carbons (Fsp3) is 0.667. The van der Waals surface area contributed by atoms with Crippen LogP contribution in [0.3, 0.4) is 0 Å². The molecule has 8 heavy (non-hydrogen) atoms. The molecule has 0 nitrogen and oxygen atoms in total. The minimum atomic E-state index is -0.266. The van der Waals surface area contributed by atoms with Crippen molar-refractivity contribution in [2.75, 3.05) is 0 Å². The summed E-state index contributed by atoms with van der Waals surface area (Å²) in [6.07, 6.45) is 1.91. The van der Waals surface area contributed by atoms with Gasteiger partial charge in [-0.15, -0.1) is 12.6 Å². The predicted octanol–water partition coefficient (Wildman–Crippen LogP) is 2.19. The second-order valence-corrected chi connectivity index (χ2v) is 2.88. The maximum absolute atomic E-state index is 5.64. The SMILES string of the molecule is [B]C(C)(C)/C(S)=C/C. The highest BCUT2D eigenvalue weighted by Crippen LogP contribution is 2.31. The van der Waals surface area contributed by atoms with Crippen molar-refractivity contribution in [2.45, 2.75) is 26.1 Å². The Morgan fingerprint density at radius 3 is 2.00 bits per heavy atom. The van der Waals surface area contributed by atoms with Crippen molar-refractivity contribution >= 4 is 20.5 Å². The lowest BCUT2D eigenvalue weighted by atomic mass is 9.72.